The van der Waals surface area contributed by atoms with Crippen LogP contribution in [-0.4, -0.2) is 6.54 Å². The van der Waals surface area contributed by atoms with Crippen molar-refractivity contribution in [1.82, 2.24) is 0 Å². The van der Waals surface area contributed by atoms with Gasteiger partial charge in [-0.15, -0.1) is 0 Å². The van der Waals surface area contributed by atoms with Crippen LogP contribution in [0.3, 0.4) is 0 Å². The van der Waals surface area contributed by atoms with E-state index < -0.39 is 0 Å². The Bertz CT molecular complexity index is 344. The molecule has 0 spiro atoms. The Kier molecular flexibility index (Phi) is 2.55. The summed E-state index contributed by atoms with van der Waals surface area (Å²) in [6, 6.07) is 6.82. The van der Waals surface area contributed by atoms with Gasteiger partial charge < -0.3 is 5.73 Å². The summed E-state index contributed by atoms with van der Waals surface area (Å²) >= 11 is 0. The zero-order valence-corrected chi connectivity index (χ0v) is 9.33. The standard InChI is InChI=1S/C13H18FN/c1-9(2)12-7-13(12,8-15)10-3-5-11(14)6-4-10/h3-6,9,12H,7-8,15H2,1-2H3. The number of benzene rings is 1. The molecule has 0 aromatic heterocycles. The van der Waals surface area contributed by atoms with E-state index in [1.807, 2.05) is 12.1 Å². The van der Waals surface area contributed by atoms with Crippen LogP contribution in [0.25, 0.3) is 0 Å². The molecule has 0 radical (unpaired) electrons. The molecule has 1 aromatic carbocycles. The smallest absolute Gasteiger partial charge is 0.123 e. The topological polar surface area (TPSA) is 26.0 Å². The lowest BCUT2D eigenvalue weighted by Crippen LogP contribution is -2.23. The molecule has 1 fully saturated rings. The lowest BCUT2D eigenvalue weighted by atomic mass is 9.89. The highest BCUT2D eigenvalue weighted by Crippen LogP contribution is 2.57. The van der Waals surface area contributed by atoms with Crippen LogP contribution in [-0.2, 0) is 5.41 Å². The number of nitrogens with two attached hydrogens (primary N) is 1. The van der Waals surface area contributed by atoms with Gasteiger partial charge in [-0.05, 0) is 36.0 Å². The third-order valence-electron chi connectivity index (χ3n) is 3.72. The first-order valence-electron chi connectivity index (χ1n) is 5.56. The van der Waals surface area contributed by atoms with Crippen molar-refractivity contribution in [2.45, 2.75) is 25.7 Å². The molecule has 0 bridgehead atoms. The highest BCUT2D eigenvalue weighted by atomic mass is 19.1. The van der Waals surface area contributed by atoms with Gasteiger partial charge in [0.25, 0.3) is 0 Å². The maximum Gasteiger partial charge on any atom is 0.123 e. The van der Waals surface area contributed by atoms with Crippen molar-refractivity contribution in [3.8, 4) is 0 Å². The van der Waals surface area contributed by atoms with Crippen LogP contribution in [0.15, 0.2) is 24.3 Å². The second-order valence-electron chi connectivity index (χ2n) is 4.92. The van der Waals surface area contributed by atoms with Gasteiger partial charge in [-0.1, -0.05) is 26.0 Å². The first kappa shape index (κ1) is 10.6. The average Bonchev–Trinajstić information content (AvgIpc) is 2.95. The Hall–Kier alpha value is -0.890. The van der Waals surface area contributed by atoms with Gasteiger partial charge in [0.2, 0.25) is 0 Å². The molecule has 0 amide bonds. The summed E-state index contributed by atoms with van der Waals surface area (Å²) in [7, 11) is 0. The Labute approximate surface area is 90.5 Å². The van der Waals surface area contributed by atoms with Crippen LogP contribution in [0.1, 0.15) is 25.8 Å². The fourth-order valence-electron chi connectivity index (χ4n) is 2.67. The predicted octanol–water partition coefficient (Wildman–Crippen LogP) is 2.70. The summed E-state index contributed by atoms with van der Waals surface area (Å²) in [5.74, 6) is 1.14. The maximum atomic E-state index is 12.8. The van der Waals surface area contributed by atoms with Crippen molar-refractivity contribution in [1.29, 1.82) is 0 Å². The predicted molar refractivity (Wildman–Crippen MR) is 60.1 cm³/mol. The number of hydrogen-bond donors (Lipinski definition) is 1. The molecule has 15 heavy (non-hydrogen) atoms. The van der Waals surface area contributed by atoms with Crippen molar-refractivity contribution in [3.05, 3.63) is 35.6 Å². The Morgan fingerprint density at radius 3 is 2.40 bits per heavy atom. The molecule has 1 aromatic rings. The average molecular weight is 207 g/mol. The van der Waals surface area contributed by atoms with Gasteiger partial charge in [0.05, 0.1) is 0 Å². The van der Waals surface area contributed by atoms with Crippen molar-refractivity contribution in [3.63, 3.8) is 0 Å². The zero-order chi connectivity index (χ0) is 11.1. The second-order valence-corrected chi connectivity index (χ2v) is 4.92. The fourth-order valence-corrected chi connectivity index (χ4v) is 2.67. The molecular weight excluding hydrogens is 189 g/mol. The van der Waals surface area contributed by atoms with Crippen molar-refractivity contribution >= 4 is 0 Å². The monoisotopic (exact) mass is 207 g/mol. The van der Waals surface area contributed by atoms with Gasteiger partial charge in [-0.2, -0.15) is 0 Å². The van der Waals surface area contributed by atoms with Gasteiger partial charge >= 0.3 is 0 Å². The van der Waals surface area contributed by atoms with Crippen molar-refractivity contribution < 1.29 is 4.39 Å². The van der Waals surface area contributed by atoms with Crippen LogP contribution < -0.4 is 5.73 Å². The molecule has 0 aliphatic heterocycles. The zero-order valence-electron chi connectivity index (χ0n) is 9.33. The summed E-state index contributed by atoms with van der Waals surface area (Å²) in [6.45, 7) is 5.12. The van der Waals surface area contributed by atoms with E-state index in [-0.39, 0.29) is 11.2 Å². The molecule has 1 saturated carbocycles. The van der Waals surface area contributed by atoms with Crippen LogP contribution >= 0.6 is 0 Å². The Morgan fingerprint density at radius 1 is 1.40 bits per heavy atom. The molecule has 1 nitrogen and oxygen atoms in total. The van der Waals surface area contributed by atoms with Gasteiger partial charge in [0.1, 0.15) is 5.82 Å². The quantitative estimate of drug-likeness (QED) is 0.810. The first-order chi connectivity index (χ1) is 7.10. The SMILES string of the molecule is CC(C)C1CC1(CN)c1ccc(F)cc1. The molecule has 2 heteroatoms. The van der Waals surface area contributed by atoms with E-state index in [0.717, 1.165) is 6.42 Å². The minimum absolute atomic E-state index is 0.127. The molecule has 2 unspecified atom stereocenters. The van der Waals surface area contributed by atoms with E-state index in [1.54, 1.807) is 0 Å². The number of hydrogen-bond acceptors (Lipinski definition) is 1. The summed E-state index contributed by atoms with van der Waals surface area (Å²) < 4.78 is 12.8. The number of halogens is 1. The highest BCUT2D eigenvalue weighted by molar-refractivity contribution is 5.34. The van der Waals surface area contributed by atoms with Crippen LogP contribution in [0.4, 0.5) is 4.39 Å². The van der Waals surface area contributed by atoms with Gasteiger partial charge in [-0.25, -0.2) is 4.39 Å². The van der Waals surface area contributed by atoms with Gasteiger partial charge in [0, 0.05) is 12.0 Å². The minimum Gasteiger partial charge on any atom is -0.330 e. The summed E-state index contributed by atoms with van der Waals surface area (Å²) in [6.07, 6.45) is 1.15. The number of rotatable bonds is 3. The maximum absolute atomic E-state index is 12.8. The minimum atomic E-state index is -0.173. The Balaban J connectivity index is 2.26. The van der Waals surface area contributed by atoms with Crippen LogP contribution in [0.2, 0.25) is 0 Å². The van der Waals surface area contributed by atoms with Gasteiger partial charge in [-0.3, -0.25) is 0 Å². The summed E-state index contributed by atoms with van der Waals surface area (Å²) in [4.78, 5) is 0. The normalized spacial score (nSPS) is 29.5. The van der Waals surface area contributed by atoms with E-state index >= 15 is 0 Å². The Morgan fingerprint density at radius 2 is 2.00 bits per heavy atom. The largest absolute Gasteiger partial charge is 0.330 e. The third kappa shape index (κ3) is 1.67. The van der Waals surface area contributed by atoms with E-state index in [0.29, 0.717) is 18.4 Å². The molecular formula is C13H18FN. The molecule has 0 saturated heterocycles. The molecule has 0 heterocycles. The van der Waals surface area contributed by atoms with Crippen molar-refractivity contribution in [2.75, 3.05) is 6.54 Å². The highest BCUT2D eigenvalue weighted by Gasteiger charge is 2.55. The summed E-state index contributed by atoms with van der Waals surface area (Å²) in [5.41, 5.74) is 7.20. The molecule has 1 aliphatic rings. The van der Waals surface area contributed by atoms with Crippen LogP contribution in [0.5, 0.6) is 0 Å². The first-order valence-corrected chi connectivity index (χ1v) is 5.56. The molecule has 2 N–H and O–H groups in total. The molecule has 1 aliphatic carbocycles. The van der Waals surface area contributed by atoms with Gasteiger partial charge in [0.15, 0.2) is 0 Å². The van der Waals surface area contributed by atoms with Crippen LogP contribution in [0, 0.1) is 17.7 Å². The van der Waals surface area contributed by atoms with E-state index in [1.165, 1.54) is 17.7 Å². The molecule has 82 valence electrons. The lowest BCUT2D eigenvalue weighted by molar-refractivity contribution is 0.483. The van der Waals surface area contributed by atoms with Crippen molar-refractivity contribution in [2.24, 2.45) is 17.6 Å². The third-order valence-corrected chi connectivity index (χ3v) is 3.72. The lowest BCUT2D eigenvalue weighted by Gasteiger charge is -2.17. The van der Waals surface area contributed by atoms with E-state index in [4.69, 9.17) is 5.73 Å². The second kappa shape index (κ2) is 3.60. The fraction of sp³-hybridized carbons (Fsp3) is 0.538. The summed E-state index contributed by atoms with van der Waals surface area (Å²) in [5, 5.41) is 0. The van der Waals surface area contributed by atoms with E-state index in [2.05, 4.69) is 13.8 Å². The van der Waals surface area contributed by atoms with E-state index in [9.17, 15) is 4.39 Å². The molecule has 2 rings (SSSR count). The molecule has 2 atom stereocenters.